The van der Waals surface area contributed by atoms with Crippen LogP contribution in [-0.4, -0.2) is 0 Å². The molecule has 2 aromatic rings. The van der Waals surface area contributed by atoms with Gasteiger partial charge in [0.1, 0.15) is 0 Å². The summed E-state index contributed by atoms with van der Waals surface area (Å²) in [5, 5.41) is 4.23. The van der Waals surface area contributed by atoms with E-state index in [1.807, 2.05) is 11.3 Å². The molecule has 4 heteroatoms. The fourth-order valence-electron chi connectivity index (χ4n) is 2.17. The molecular formula is C12H12BrNS2. The molecule has 0 amide bonds. The van der Waals surface area contributed by atoms with Gasteiger partial charge in [0.25, 0.3) is 0 Å². The quantitative estimate of drug-likeness (QED) is 0.887. The maximum atomic E-state index is 6.31. The molecule has 0 spiro atoms. The zero-order chi connectivity index (χ0) is 11.1. The van der Waals surface area contributed by atoms with Gasteiger partial charge in [-0.3, -0.25) is 0 Å². The Labute approximate surface area is 111 Å². The molecule has 1 unspecified atom stereocenters. The normalized spacial score (nSPS) is 16.4. The van der Waals surface area contributed by atoms with Crippen LogP contribution >= 0.6 is 38.6 Å². The van der Waals surface area contributed by atoms with Crippen LogP contribution in [0.5, 0.6) is 0 Å². The smallest absolute Gasteiger partial charge is 0.0665 e. The predicted molar refractivity (Wildman–Crippen MR) is 74.4 cm³/mol. The first-order valence-electron chi connectivity index (χ1n) is 5.34. The van der Waals surface area contributed by atoms with E-state index in [9.17, 15) is 0 Å². The molecule has 2 N–H and O–H groups in total. The number of aryl methyl sites for hydroxylation is 2. The number of nitrogens with two attached hydrogens (primary N) is 1. The minimum absolute atomic E-state index is 0.0382. The monoisotopic (exact) mass is 313 g/mol. The summed E-state index contributed by atoms with van der Waals surface area (Å²) in [6.45, 7) is 0. The molecule has 0 radical (unpaired) electrons. The van der Waals surface area contributed by atoms with E-state index in [0.29, 0.717) is 0 Å². The van der Waals surface area contributed by atoms with Crippen LogP contribution < -0.4 is 5.73 Å². The van der Waals surface area contributed by atoms with E-state index >= 15 is 0 Å². The lowest BCUT2D eigenvalue weighted by Gasteiger charge is -2.08. The molecule has 0 saturated heterocycles. The van der Waals surface area contributed by atoms with Gasteiger partial charge in [-0.05, 0) is 57.8 Å². The van der Waals surface area contributed by atoms with E-state index in [-0.39, 0.29) is 6.04 Å². The number of hydrogen-bond donors (Lipinski definition) is 1. The molecule has 84 valence electrons. The van der Waals surface area contributed by atoms with Gasteiger partial charge in [-0.25, -0.2) is 0 Å². The van der Waals surface area contributed by atoms with Crippen LogP contribution in [0, 0.1) is 0 Å². The van der Waals surface area contributed by atoms with Gasteiger partial charge in [-0.1, -0.05) is 0 Å². The highest BCUT2D eigenvalue weighted by Gasteiger charge is 2.20. The fourth-order valence-corrected chi connectivity index (χ4v) is 5.03. The maximum absolute atomic E-state index is 6.31. The molecule has 1 aliphatic rings. The number of thiophene rings is 2. The third-order valence-electron chi connectivity index (χ3n) is 3.05. The Morgan fingerprint density at radius 1 is 1.31 bits per heavy atom. The zero-order valence-electron chi connectivity index (χ0n) is 8.70. The van der Waals surface area contributed by atoms with Crippen molar-refractivity contribution in [2.24, 2.45) is 5.73 Å². The highest BCUT2D eigenvalue weighted by atomic mass is 79.9. The molecule has 0 bridgehead atoms. The van der Waals surface area contributed by atoms with Crippen molar-refractivity contribution in [3.8, 4) is 0 Å². The van der Waals surface area contributed by atoms with E-state index in [1.54, 1.807) is 16.2 Å². The van der Waals surface area contributed by atoms with Gasteiger partial charge < -0.3 is 5.73 Å². The molecule has 16 heavy (non-hydrogen) atoms. The molecule has 0 fully saturated rings. The Kier molecular flexibility index (Phi) is 2.92. The van der Waals surface area contributed by atoms with Gasteiger partial charge in [0.05, 0.1) is 6.04 Å². The Morgan fingerprint density at radius 3 is 2.88 bits per heavy atom. The number of hydrogen-bond acceptors (Lipinski definition) is 3. The summed E-state index contributed by atoms with van der Waals surface area (Å²) >= 11 is 7.15. The van der Waals surface area contributed by atoms with Crippen molar-refractivity contribution in [2.75, 3.05) is 0 Å². The fraction of sp³-hybridized carbons (Fsp3) is 0.333. The minimum atomic E-state index is 0.0382. The topological polar surface area (TPSA) is 26.0 Å². The van der Waals surface area contributed by atoms with Crippen LogP contribution in [0.15, 0.2) is 21.3 Å². The van der Waals surface area contributed by atoms with Gasteiger partial charge in [0, 0.05) is 19.6 Å². The summed E-state index contributed by atoms with van der Waals surface area (Å²) in [6, 6.07) is 2.35. The van der Waals surface area contributed by atoms with Gasteiger partial charge in [-0.2, -0.15) is 11.3 Å². The maximum Gasteiger partial charge on any atom is 0.0665 e. The SMILES string of the molecule is NC(c1cc2c(s1)CCC2)c1cscc1Br. The minimum Gasteiger partial charge on any atom is -0.320 e. The van der Waals surface area contributed by atoms with E-state index in [1.165, 1.54) is 35.3 Å². The summed E-state index contributed by atoms with van der Waals surface area (Å²) in [4.78, 5) is 2.86. The lowest BCUT2D eigenvalue weighted by atomic mass is 10.1. The number of halogens is 1. The molecule has 0 aliphatic heterocycles. The average Bonchev–Trinajstić information content (AvgIpc) is 2.89. The lowest BCUT2D eigenvalue weighted by Crippen LogP contribution is -2.09. The Bertz CT molecular complexity index is 493. The molecule has 0 aromatic carbocycles. The molecule has 1 atom stereocenters. The average molecular weight is 314 g/mol. The molecule has 2 aromatic heterocycles. The molecule has 3 rings (SSSR count). The van der Waals surface area contributed by atoms with E-state index < -0.39 is 0 Å². The Balaban J connectivity index is 1.95. The van der Waals surface area contributed by atoms with Crippen LogP contribution in [0.1, 0.15) is 33.3 Å². The first kappa shape index (κ1) is 11.0. The lowest BCUT2D eigenvalue weighted by molar-refractivity contribution is 0.882. The van der Waals surface area contributed by atoms with E-state index in [4.69, 9.17) is 5.73 Å². The standard InChI is InChI=1S/C12H12BrNS2/c13-9-6-15-5-8(9)12(14)11-4-7-2-1-3-10(7)16-11/h4-6,12H,1-3,14H2. The van der Waals surface area contributed by atoms with E-state index in [0.717, 1.165) is 4.47 Å². The van der Waals surface area contributed by atoms with Crippen LogP contribution in [-0.2, 0) is 12.8 Å². The van der Waals surface area contributed by atoms with Crippen molar-refractivity contribution < 1.29 is 0 Å². The molecule has 1 aliphatic carbocycles. The summed E-state index contributed by atoms with van der Waals surface area (Å²) in [7, 11) is 0. The molecule has 1 nitrogen and oxygen atoms in total. The number of rotatable bonds is 2. The molecule has 2 heterocycles. The highest BCUT2D eigenvalue weighted by molar-refractivity contribution is 9.10. The van der Waals surface area contributed by atoms with Crippen molar-refractivity contribution in [3.05, 3.63) is 42.2 Å². The molecule has 0 saturated carbocycles. The third kappa shape index (κ3) is 1.78. The second-order valence-corrected chi connectivity index (χ2v) is 6.87. The van der Waals surface area contributed by atoms with Crippen molar-refractivity contribution in [1.29, 1.82) is 0 Å². The van der Waals surface area contributed by atoms with Gasteiger partial charge >= 0.3 is 0 Å². The zero-order valence-corrected chi connectivity index (χ0v) is 11.9. The summed E-state index contributed by atoms with van der Waals surface area (Å²) in [5.41, 5.74) is 9.05. The Morgan fingerprint density at radius 2 is 2.19 bits per heavy atom. The number of fused-ring (bicyclic) bond motifs is 1. The van der Waals surface area contributed by atoms with Crippen LogP contribution in [0.4, 0.5) is 0 Å². The first-order valence-corrected chi connectivity index (χ1v) is 7.89. The molecular weight excluding hydrogens is 302 g/mol. The second-order valence-electron chi connectivity index (χ2n) is 4.10. The van der Waals surface area contributed by atoms with Gasteiger partial charge in [0.15, 0.2) is 0 Å². The largest absolute Gasteiger partial charge is 0.320 e. The van der Waals surface area contributed by atoms with Crippen LogP contribution in [0.2, 0.25) is 0 Å². The van der Waals surface area contributed by atoms with Gasteiger partial charge in [-0.15, -0.1) is 11.3 Å². The van der Waals surface area contributed by atoms with Crippen molar-refractivity contribution in [3.63, 3.8) is 0 Å². The van der Waals surface area contributed by atoms with Crippen molar-refractivity contribution in [1.82, 2.24) is 0 Å². The Hall–Kier alpha value is -0.160. The first-order chi connectivity index (χ1) is 7.75. The van der Waals surface area contributed by atoms with Crippen LogP contribution in [0.25, 0.3) is 0 Å². The predicted octanol–water partition coefficient (Wildman–Crippen LogP) is 4.11. The second kappa shape index (κ2) is 4.26. The summed E-state index contributed by atoms with van der Waals surface area (Å²) in [6.07, 6.45) is 3.81. The van der Waals surface area contributed by atoms with Crippen molar-refractivity contribution in [2.45, 2.75) is 25.3 Å². The highest BCUT2D eigenvalue weighted by Crippen LogP contribution is 2.37. The van der Waals surface area contributed by atoms with Crippen LogP contribution in [0.3, 0.4) is 0 Å². The van der Waals surface area contributed by atoms with Gasteiger partial charge in [0.2, 0.25) is 0 Å². The van der Waals surface area contributed by atoms with E-state index in [2.05, 4.69) is 32.8 Å². The summed E-state index contributed by atoms with van der Waals surface area (Å²) < 4.78 is 1.14. The van der Waals surface area contributed by atoms with Crippen molar-refractivity contribution >= 4 is 38.6 Å². The third-order valence-corrected chi connectivity index (χ3v) is 6.12. The summed E-state index contributed by atoms with van der Waals surface area (Å²) in [5.74, 6) is 0.